The summed E-state index contributed by atoms with van der Waals surface area (Å²) in [6, 6.07) is -0.158. The van der Waals surface area contributed by atoms with Gasteiger partial charge in [0.15, 0.2) is 0 Å². The molecule has 0 radical (unpaired) electrons. The number of carbonyl (C=O) groups is 2. The maximum Gasteiger partial charge on any atom is 0.319 e. The van der Waals surface area contributed by atoms with E-state index >= 15 is 0 Å². The molecular weight excluding hydrogens is 224 g/mol. The highest BCUT2D eigenvalue weighted by molar-refractivity contribution is 5.77. The lowest BCUT2D eigenvalue weighted by Crippen LogP contribution is -2.41. The molecule has 6 heteroatoms. The van der Waals surface area contributed by atoms with Crippen molar-refractivity contribution in [1.29, 1.82) is 0 Å². The topological polar surface area (TPSA) is 81.1 Å². The van der Waals surface area contributed by atoms with Gasteiger partial charge in [-0.15, -0.1) is 0 Å². The van der Waals surface area contributed by atoms with E-state index in [2.05, 4.69) is 0 Å². The maximum absolute atomic E-state index is 11.9. The smallest absolute Gasteiger partial charge is 0.319 e. The molecule has 17 heavy (non-hydrogen) atoms. The van der Waals surface area contributed by atoms with Crippen LogP contribution < -0.4 is 0 Å². The molecule has 2 unspecified atom stereocenters. The number of rotatable bonds is 4. The minimum Gasteiger partial charge on any atom is -0.481 e. The van der Waals surface area contributed by atoms with Crippen LogP contribution >= 0.6 is 0 Å². The summed E-state index contributed by atoms with van der Waals surface area (Å²) < 4.78 is 0. The van der Waals surface area contributed by atoms with Gasteiger partial charge in [-0.05, 0) is 19.8 Å². The molecule has 0 aromatic carbocycles. The van der Waals surface area contributed by atoms with Crippen molar-refractivity contribution in [2.75, 3.05) is 26.7 Å². The highest BCUT2D eigenvalue weighted by atomic mass is 16.4. The molecule has 1 heterocycles. The summed E-state index contributed by atoms with van der Waals surface area (Å²) in [5.41, 5.74) is 0. The predicted octanol–water partition coefficient (Wildman–Crippen LogP) is 0.216. The first-order valence-corrected chi connectivity index (χ1v) is 5.82. The van der Waals surface area contributed by atoms with E-state index in [0.29, 0.717) is 25.9 Å². The largest absolute Gasteiger partial charge is 0.481 e. The number of aliphatic carboxylic acids is 1. The molecule has 1 rings (SSSR count). The summed E-state index contributed by atoms with van der Waals surface area (Å²) in [6.07, 6.45) is 0.611. The predicted molar refractivity (Wildman–Crippen MR) is 61.6 cm³/mol. The molecule has 1 aliphatic heterocycles. The van der Waals surface area contributed by atoms with Crippen molar-refractivity contribution in [2.24, 2.45) is 5.92 Å². The van der Waals surface area contributed by atoms with Crippen LogP contribution in [0, 0.1) is 5.92 Å². The fourth-order valence-corrected chi connectivity index (χ4v) is 1.85. The van der Waals surface area contributed by atoms with Crippen LogP contribution in [0.4, 0.5) is 4.79 Å². The lowest BCUT2D eigenvalue weighted by Gasteiger charge is -2.24. The third kappa shape index (κ3) is 3.89. The van der Waals surface area contributed by atoms with Gasteiger partial charge in [-0.25, -0.2) is 4.79 Å². The van der Waals surface area contributed by atoms with E-state index in [0.717, 1.165) is 0 Å². The Kier molecular flexibility index (Phi) is 4.74. The fraction of sp³-hybridized carbons (Fsp3) is 0.818. The molecule has 1 saturated heterocycles. The summed E-state index contributed by atoms with van der Waals surface area (Å²) in [4.78, 5) is 25.8. The third-order valence-electron chi connectivity index (χ3n) is 3.02. The van der Waals surface area contributed by atoms with Crippen LogP contribution in [0.3, 0.4) is 0 Å². The first-order chi connectivity index (χ1) is 7.91. The highest BCUT2D eigenvalue weighted by Gasteiger charge is 2.31. The van der Waals surface area contributed by atoms with Crippen LogP contribution in [0.2, 0.25) is 0 Å². The Morgan fingerprint density at radius 2 is 2.18 bits per heavy atom. The number of amides is 2. The molecule has 0 bridgehead atoms. The zero-order valence-electron chi connectivity index (χ0n) is 10.3. The van der Waals surface area contributed by atoms with Gasteiger partial charge in [0.1, 0.15) is 0 Å². The number of aliphatic hydroxyl groups is 1. The van der Waals surface area contributed by atoms with E-state index in [4.69, 9.17) is 10.2 Å². The zero-order chi connectivity index (χ0) is 13.0. The Morgan fingerprint density at radius 3 is 2.65 bits per heavy atom. The standard InChI is InChI=1S/C11H20N2O4/c1-8(14)3-5-12(2)11(17)13-6-4-9(7-13)10(15)16/h8-9,14H,3-7H2,1-2H3,(H,15,16). The van der Waals surface area contributed by atoms with Gasteiger partial charge in [0.2, 0.25) is 0 Å². The van der Waals surface area contributed by atoms with Crippen molar-refractivity contribution in [2.45, 2.75) is 25.9 Å². The number of nitrogens with zero attached hydrogens (tertiary/aromatic N) is 2. The average Bonchev–Trinajstić information content (AvgIpc) is 2.73. The SMILES string of the molecule is CC(O)CCN(C)C(=O)N1CCC(C(=O)O)C1. The van der Waals surface area contributed by atoms with Gasteiger partial charge in [-0.1, -0.05) is 0 Å². The number of carbonyl (C=O) groups excluding carboxylic acids is 1. The zero-order valence-corrected chi connectivity index (χ0v) is 10.3. The number of aliphatic hydroxyl groups excluding tert-OH is 1. The van der Waals surface area contributed by atoms with Gasteiger partial charge in [0, 0.05) is 26.7 Å². The lowest BCUT2D eigenvalue weighted by molar-refractivity contribution is -0.141. The summed E-state index contributed by atoms with van der Waals surface area (Å²) in [5.74, 6) is -1.28. The Labute approximate surface area is 101 Å². The van der Waals surface area contributed by atoms with Crippen LogP contribution in [0.15, 0.2) is 0 Å². The molecule has 0 aliphatic carbocycles. The number of urea groups is 1. The van der Waals surface area contributed by atoms with Crippen molar-refractivity contribution in [1.82, 2.24) is 9.80 Å². The Bertz CT molecular complexity index is 293. The van der Waals surface area contributed by atoms with Gasteiger partial charge in [-0.2, -0.15) is 0 Å². The molecule has 0 aromatic heterocycles. The van der Waals surface area contributed by atoms with Crippen LogP contribution in [-0.4, -0.2) is 64.8 Å². The van der Waals surface area contributed by atoms with Crippen LogP contribution in [0.1, 0.15) is 19.8 Å². The average molecular weight is 244 g/mol. The normalized spacial score (nSPS) is 21.4. The van der Waals surface area contributed by atoms with E-state index < -0.39 is 18.0 Å². The lowest BCUT2D eigenvalue weighted by atomic mass is 10.1. The molecule has 0 spiro atoms. The van der Waals surface area contributed by atoms with Crippen molar-refractivity contribution in [3.63, 3.8) is 0 Å². The maximum atomic E-state index is 11.9. The molecule has 6 nitrogen and oxygen atoms in total. The number of hydrogen-bond acceptors (Lipinski definition) is 3. The van der Waals surface area contributed by atoms with Crippen molar-refractivity contribution < 1.29 is 19.8 Å². The number of hydrogen-bond donors (Lipinski definition) is 2. The highest BCUT2D eigenvalue weighted by Crippen LogP contribution is 2.17. The Hall–Kier alpha value is -1.30. The van der Waals surface area contributed by atoms with Crippen LogP contribution in [0.5, 0.6) is 0 Å². The minimum atomic E-state index is -0.841. The van der Waals surface area contributed by atoms with Gasteiger partial charge < -0.3 is 20.0 Å². The summed E-state index contributed by atoms with van der Waals surface area (Å²) in [6.45, 7) is 2.93. The molecule has 1 fully saturated rings. The first-order valence-electron chi connectivity index (χ1n) is 5.82. The molecule has 2 N–H and O–H groups in total. The van der Waals surface area contributed by atoms with Crippen molar-refractivity contribution in [3.05, 3.63) is 0 Å². The number of carboxylic acids is 1. The van der Waals surface area contributed by atoms with E-state index in [1.165, 1.54) is 4.90 Å². The quantitative estimate of drug-likeness (QED) is 0.741. The molecule has 1 aliphatic rings. The van der Waals surface area contributed by atoms with E-state index in [1.807, 2.05) is 0 Å². The Balaban J connectivity index is 2.40. The second-order valence-electron chi connectivity index (χ2n) is 4.61. The third-order valence-corrected chi connectivity index (χ3v) is 3.02. The van der Waals surface area contributed by atoms with Gasteiger partial charge >= 0.3 is 12.0 Å². The molecule has 0 aromatic rings. The van der Waals surface area contributed by atoms with E-state index in [1.54, 1.807) is 18.9 Å². The van der Waals surface area contributed by atoms with Gasteiger partial charge in [-0.3, -0.25) is 4.79 Å². The summed E-state index contributed by atoms with van der Waals surface area (Å²) in [5, 5.41) is 18.0. The van der Waals surface area contributed by atoms with Gasteiger partial charge in [0.05, 0.1) is 12.0 Å². The summed E-state index contributed by atoms with van der Waals surface area (Å²) in [7, 11) is 1.67. The van der Waals surface area contributed by atoms with Crippen molar-refractivity contribution in [3.8, 4) is 0 Å². The first kappa shape index (κ1) is 13.8. The van der Waals surface area contributed by atoms with Crippen LogP contribution in [-0.2, 0) is 4.79 Å². The summed E-state index contributed by atoms with van der Waals surface area (Å²) >= 11 is 0. The number of likely N-dealkylation sites (tertiary alicyclic amines) is 1. The molecule has 0 saturated carbocycles. The fourth-order valence-electron chi connectivity index (χ4n) is 1.85. The van der Waals surface area contributed by atoms with Crippen LogP contribution in [0.25, 0.3) is 0 Å². The molecule has 2 amide bonds. The minimum absolute atomic E-state index is 0.158. The van der Waals surface area contributed by atoms with Crippen molar-refractivity contribution >= 4 is 12.0 Å². The molecular formula is C11H20N2O4. The second-order valence-corrected chi connectivity index (χ2v) is 4.61. The van der Waals surface area contributed by atoms with E-state index in [-0.39, 0.29) is 12.6 Å². The monoisotopic (exact) mass is 244 g/mol. The second kappa shape index (κ2) is 5.86. The molecule has 98 valence electrons. The van der Waals surface area contributed by atoms with E-state index in [9.17, 15) is 9.59 Å². The molecule has 2 atom stereocenters. The van der Waals surface area contributed by atoms with Gasteiger partial charge in [0.25, 0.3) is 0 Å². The number of carboxylic acid groups (broad SMARTS) is 1. The Morgan fingerprint density at radius 1 is 1.53 bits per heavy atom.